The molecule has 0 N–H and O–H groups in total. The largest absolute Gasteiger partial charge is 0.490 e. The van der Waals surface area contributed by atoms with Crippen molar-refractivity contribution in [1.82, 2.24) is 0 Å². The highest BCUT2D eigenvalue weighted by atomic mass is 19.2. The number of allylic oxidation sites excluding steroid dienone is 5. The number of rotatable bonds is 8. The molecule has 0 aromatic carbocycles. The molecule has 0 aromatic rings. The number of hydrogen-bond acceptors (Lipinski definition) is 2. The molecule has 0 spiro atoms. The third-order valence-electron chi connectivity index (χ3n) is 9.46. The molecule has 1 heterocycles. The topological polar surface area (TPSA) is 21.8 Å². The molecule has 3 fully saturated rings. The van der Waals surface area contributed by atoms with Gasteiger partial charge in [-0.25, -0.2) is 17.6 Å². The Morgan fingerprint density at radius 3 is 1.92 bits per heavy atom. The summed E-state index contributed by atoms with van der Waals surface area (Å²) in [6.45, 7) is 3.02. The van der Waals surface area contributed by atoms with Crippen LogP contribution in [0.2, 0.25) is 0 Å². The van der Waals surface area contributed by atoms with Gasteiger partial charge >= 0.3 is 0 Å². The first-order valence-electron chi connectivity index (χ1n) is 14.2. The number of epoxide rings is 1. The van der Waals surface area contributed by atoms with Crippen molar-refractivity contribution < 1.29 is 27.0 Å². The van der Waals surface area contributed by atoms with Crippen LogP contribution in [0.25, 0.3) is 0 Å². The molecular formula is C30H40F4O2. The Morgan fingerprint density at radius 2 is 1.33 bits per heavy atom. The predicted octanol–water partition coefficient (Wildman–Crippen LogP) is 8.97. The summed E-state index contributed by atoms with van der Waals surface area (Å²) in [5, 5.41) is 0. The minimum Gasteiger partial charge on any atom is -0.490 e. The molecule has 2 saturated carbocycles. The second-order valence-corrected chi connectivity index (χ2v) is 11.7. The van der Waals surface area contributed by atoms with Gasteiger partial charge in [-0.3, -0.25) is 0 Å². The van der Waals surface area contributed by atoms with Crippen LogP contribution in [0.1, 0.15) is 84.0 Å². The fraction of sp³-hybridized carbons (Fsp3) is 0.733. The van der Waals surface area contributed by atoms with Gasteiger partial charge in [0, 0.05) is 17.4 Å². The Balaban J connectivity index is 1.08. The summed E-state index contributed by atoms with van der Waals surface area (Å²) >= 11 is 0. The SMILES string of the molecule is CCCC1CCC(C2CC=C(OCC3CCC(C4CC=C(C5CO5)C(F)=C4F)CC3)C(F)=C2F)CC1. The predicted molar refractivity (Wildman–Crippen MR) is 132 cm³/mol. The maximum Gasteiger partial charge on any atom is 0.196 e. The summed E-state index contributed by atoms with van der Waals surface area (Å²) in [4.78, 5) is 0. The van der Waals surface area contributed by atoms with Gasteiger partial charge in [-0.1, -0.05) is 38.7 Å². The van der Waals surface area contributed by atoms with E-state index in [0.29, 0.717) is 31.6 Å². The zero-order chi connectivity index (χ0) is 25.2. The Morgan fingerprint density at radius 1 is 0.778 bits per heavy atom. The van der Waals surface area contributed by atoms with Gasteiger partial charge in [-0.15, -0.1) is 0 Å². The maximum absolute atomic E-state index is 15.0. The van der Waals surface area contributed by atoms with Crippen molar-refractivity contribution in [2.24, 2.45) is 35.5 Å². The van der Waals surface area contributed by atoms with Crippen LogP contribution >= 0.6 is 0 Å². The molecule has 1 saturated heterocycles. The molecule has 1 aliphatic heterocycles. The van der Waals surface area contributed by atoms with Gasteiger partial charge in [0.25, 0.3) is 0 Å². The van der Waals surface area contributed by atoms with Crippen LogP contribution in [-0.4, -0.2) is 19.3 Å². The van der Waals surface area contributed by atoms with E-state index in [4.69, 9.17) is 9.47 Å². The van der Waals surface area contributed by atoms with Crippen molar-refractivity contribution in [2.45, 2.75) is 90.1 Å². The first kappa shape index (κ1) is 26.1. The highest BCUT2D eigenvalue weighted by Gasteiger charge is 2.39. The van der Waals surface area contributed by atoms with Crippen LogP contribution in [0.3, 0.4) is 0 Å². The second-order valence-electron chi connectivity index (χ2n) is 11.7. The van der Waals surface area contributed by atoms with Crippen molar-refractivity contribution in [3.05, 3.63) is 46.8 Å². The lowest BCUT2D eigenvalue weighted by molar-refractivity contribution is 0.108. The summed E-state index contributed by atoms with van der Waals surface area (Å²) in [5.74, 6) is -2.21. The Kier molecular flexibility index (Phi) is 8.29. The maximum atomic E-state index is 15.0. The summed E-state index contributed by atoms with van der Waals surface area (Å²) in [6.07, 6.45) is 14.2. The quantitative estimate of drug-likeness (QED) is 0.241. The van der Waals surface area contributed by atoms with E-state index in [-0.39, 0.29) is 35.5 Å². The first-order chi connectivity index (χ1) is 17.5. The van der Waals surface area contributed by atoms with Crippen molar-refractivity contribution in [3.63, 3.8) is 0 Å². The standard InChI is InChI=1S/C30H40F4O2/c1-2-3-18-4-8-20(9-5-18)23-14-15-25(30(34)28(23)32)35-16-19-6-10-21(11-7-19)22-12-13-24(26-17-36-26)29(33)27(22)31/h13,15,18-23,26H,2-12,14,16-17H2,1H3. The van der Waals surface area contributed by atoms with E-state index in [1.165, 1.54) is 12.8 Å². The Hall–Kier alpha value is -1.56. The fourth-order valence-electron chi connectivity index (χ4n) is 7.13. The number of halogens is 4. The van der Waals surface area contributed by atoms with Crippen molar-refractivity contribution in [1.29, 1.82) is 0 Å². The molecule has 0 radical (unpaired) electrons. The lowest BCUT2D eigenvalue weighted by Crippen LogP contribution is -2.27. The lowest BCUT2D eigenvalue weighted by Gasteiger charge is -2.35. The number of hydrogen-bond donors (Lipinski definition) is 0. The highest BCUT2D eigenvalue weighted by Crippen LogP contribution is 2.46. The molecule has 5 rings (SSSR count). The normalized spacial score (nSPS) is 37.5. The number of ether oxygens (including phenoxy) is 2. The molecule has 36 heavy (non-hydrogen) atoms. The van der Waals surface area contributed by atoms with E-state index in [2.05, 4.69) is 6.92 Å². The molecule has 5 aliphatic rings. The lowest BCUT2D eigenvalue weighted by atomic mass is 9.72. The van der Waals surface area contributed by atoms with Gasteiger partial charge < -0.3 is 9.47 Å². The van der Waals surface area contributed by atoms with E-state index in [0.717, 1.165) is 57.3 Å². The molecular weight excluding hydrogens is 468 g/mol. The van der Waals surface area contributed by atoms with Gasteiger partial charge in [-0.05, 0) is 81.1 Å². The minimum absolute atomic E-state index is 0.0498. The molecule has 6 heteroatoms. The van der Waals surface area contributed by atoms with Crippen LogP contribution in [0, 0.1) is 35.5 Å². The van der Waals surface area contributed by atoms with Crippen LogP contribution in [0.5, 0.6) is 0 Å². The van der Waals surface area contributed by atoms with Crippen LogP contribution < -0.4 is 0 Å². The monoisotopic (exact) mass is 508 g/mol. The average Bonchev–Trinajstić information content (AvgIpc) is 3.73. The highest BCUT2D eigenvalue weighted by molar-refractivity contribution is 5.38. The first-order valence-corrected chi connectivity index (χ1v) is 14.2. The summed E-state index contributed by atoms with van der Waals surface area (Å²) in [6, 6.07) is 0. The average molecular weight is 509 g/mol. The van der Waals surface area contributed by atoms with E-state index >= 15 is 0 Å². The summed E-state index contributed by atoms with van der Waals surface area (Å²) in [7, 11) is 0. The van der Waals surface area contributed by atoms with Crippen molar-refractivity contribution >= 4 is 0 Å². The van der Waals surface area contributed by atoms with Crippen molar-refractivity contribution in [2.75, 3.05) is 13.2 Å². The van der Waals surface area contributed by atoms with Gasteiger partial charge in [0.15, 0.2) is 17.4 Å². The smallest absolute Gasteiger partial charge is 0.196 e. The molecule has 4 aliphatic carbocycles. The van der Waals surface area contributed by atoms with Gasteiger partial charge in [0.1, 0.15) is 17.8 Å². The zero-order valence-electron chi connectivity index (χ0n) is 21.4. The minimum atomic E-state index is -0.817. The van der Waals surface area contributed by atoms with E-state index in [9.17, 15) is 17.6 Å². The summed E-state index contributed by atoms with van der Waals surface area (Å²) in [5.41, 5.74) is 0.375. The molecule has 0 aromatic heterocycles. The molecule has 3 unspecified atom stereocenters. The van der Waals surface area contributed by atoms with E-state index < -0.39 is 29.2 Å². The third-order valence-corrected chi connectivity index (χ3v) is 9.46. The molecule has 200 valence electrons. The Bertz CT molecular complexity index is 915. The fourth-order valence-corrected chi connectivity index (χ4v) is 7.13. The molecule has 2 nitrogen and oxygen atoms in total. The second kappa shape index (κ2) is 11.4. The van der Waals surface area contributed by atoms with E-state index in [1.807, 2.05) is 0 Å². The third kappa shape index (κ3) is 5.63. The molecule has 0 amide bonds. The zero-order valence-corrected chi connectivity index (χ0v) is 21.4. The van der Waals surface area contributed by atoms with E-state index in [1.54, 1.807) is 12.2 Å². The van der Waals surface area contributed by atoms with Gasteiger partial charge in [0.2, 0.25) is 0 Å². The van der Waals surface area contributed by atoms with Crippen LogP contribution in [0.15, 0.2) is 46.8 Å². The van der Waals surface area contributed by atoms with Crippen LogP contribution in [0.4, 0.5) is 17.6 Å². The van der Waals surface area contributed by atoms with Gasteiger partial charge in [-0.2, -0.15) is 0 Å². The van der Waals surface area contributed by atoms with Crippen molar-refractivity contribution in [3.8, 4) is 0 Å². The van der Waals surface area contributed by atoms with Crippen LogP contribution in [-0.2, 0) is 9.47 Å². The molecule has 3 atom stereocenters. The van der Waals surface area contributed by atoms with Gasteiger partial charge in [0.05, 0.1) is 13.2 Å². The molecule has 0 bridgehead atoms. The summed E-state index contributed by atoms with van der Waals surface area (Å²) < 4.78 is 70.0. The Labute approximate surface area is 212 Å².